The van der Waals surface area contributed by atoms with Gasteiger partial charge in [0.15, 0.2) is 0 Å². The average Bonchev–Trinajstić information content (AvgIpc) is 2.66. The van der Waals surface area contributed by atoms with Crippen molar-refractivity contribution in [2.75, 3.05) is 18.6 Å². The first-order chi connectivity index (χ1) is 8.81. The highest BCUT2D eigenvalue weighted by molar-refractivity contribution is 5.96. The minimum absolute atomic E-state index is 0.0106. The molecule has 1 saturated heterocycles. The maximum atomic E-state index is 12.7. The van der Waals surface area contributed by atoms with Crippen molar-refractivity contribution in [3.63, 3.8) is 0 Å². The number of rotatable bonds is 2. The number of β-amino-alcohol motifs (C(OH)–C–C–N with tert-alkyl or cyclic N) is 1. The third kappa shape index (κ3) is 2.81. The molecule has 1 N–H and O–H groups in total. The van der Waals surface area contributed by atoms with Gasteiger partial charge in [-0.15, -0.1) is 0 Å². The Morgan fingerprint density at radius 2 is 2.05 bits per heavy atom. The number of ether oxygens (including phenoxy) is 1. The van der Waals surface area contributed by atoms with Gasteiger partial charge in [-0.25, -0.2) is 0 Å². The summed E-state index contributed by atoms with van der Waals surface area (Å²) in [7, 11) is 1.25. The van der Waals surface area contributed by atoms with Crippen molar-refractivity contribution in [2.24, 2.45) is 0 Å². The zero-order valence-corrected chi connectivity index (χ0v) is 10.1. The molecule has 1 aromatic rings. The summed E-state index contributed by atoms with van der Waals surface area (Å²) < 4.78 is 43.0. The maximum Gasteiger partial charge on any atom is 0.416 e. The molecule has 0 saturated carbocycles. The van der Waals surface area contributed by atoms with Crippen molar-refractivity contribution in [2.45, 2.75) is 18.7 Å². The number of halogens is 3. The fourth-order valence-electron chi connectivity index (χ4n) is 1.96. The number of alkyl halides is 3. The van der Waals surface area contributed by atoms with Gasteiger partial charge in [-0.1, -0.05) is 0 Å². The van der Waals surface area contributed by atoms with E-state index in [1.165, 1.54) is 13.2 Å². The summed E-state index contributed by atoms with van der Waals surface area (Å²) in [6.07, 6.45) is -5.46. The molecule has 1 heterocycles. The van der Waals surface area contributed by atoms with Crippen LogP contribution in [0.2, 0.25) is 0 Å². The highest BCUT2D eigenvalue weighted by Crippen LogP contribution is 2.36. The number of carbonyl (C=O) groups is 1. The molecule has 1 aromatic carbocycles. The van der Waals surface area contributed by atoms with Crippen LogP contribution in [0.3, 0.4) is 0 Å². The first kappa shape index (κ1) is 13.7. The number of hydrogen-bond acceptors (Lipinski definition) is 3. The molecule has 1 fully saturated rings. The fourth-order valence-corrected chi connectivity index (χ4v) is 1.96. The lowest BCUT2D eigenvalue weighted by Gasteiger charge is -2.19. The van der Waals surface area contributed by atoms with Crippen LogP contribution in [0.4, 0.5) is 18.9 Å². The predicted molar refractivity (Wildman–Crippen MR) is 61.0 cm³/mol. The third-order valence-electron chi connectivity index (χ3n) is 2.87. The first-order valence-corrected chi connectivity index (χ1v) is 5.56. The number of aliphatic hydroxyl groups is 1. The van der Waals surface area contributed by atoms with Gasteiger partial charge in [0.1, 0.15) is 5.75 Å². The van der Waals surface area contributed by atoms with Gasteiger partial charge in [0.2, 0.25) is 5.91 Å². The molecule has 1 atom stereocenters. The second-order valence-electron chi connectivity index (χ2n) is 4.28. The molecule has 1 aliphatic heterocycles. The van der Waals surface area contributed by atoms with Gasteiger partial charge in [0.25, 0.3) is 0 Å². The highest BCUT2D eigenvalue weighted by Gasteiger charge is 2.34. The van der Waals surface area contributed by atoms with E-state index < -0.39 is 23.8 Å². The van der Waals surface area contributed by atoms with E-state index in [4.69, 9.17) is 4.74 Å². The first-order valence-electron chi connectivity index (χ1n) is 5.56. The molecule has 4 nitrogen and oxygen atoms in total. The van der Waals surface area contributed by atoms with Crippen molar-refractivity contribution < 1.29 is 27.8 Å². The smallest absolute Gasteiger partial charge is 0.416 e. The number of aliphatic hydroxyl groups excluding tert-OH is 1. The van der Waals surface area contributed by atoms with Gasteiger partial charge in [-0.3, -0.25) is 4.79 Å². The summed E-state index contributed by atoms with van der Waals surface area (Å²) in [5.41, 5.74) is -0.815. The largest absolute Gasteiger partial charge is 0.497 e. The van der Waals surface area contributed by atoms with Crippen LogP contribution in [-0.4, -0.2) is 30.8 Å². The molecule has 1 unspecified atom stereocenters. The summed E-state index contributed by atoms with van der Waals surface area (Å²) in [5.74, 6) is -0.395. The molecule has 1 aliphatic rings. The number of methoxy groups -OCH3 is 1. The Labute approximate surface area is 107 Å². The Hall–Kier alpha value is -1.76. The van der Waals surface area contributed by atoms with E-state index in [0.717, 1.165) is 17.0 Å². The third-order valence-corrected chi connectivity index (χ3v) is 2.87. The molecule has 0 spiro atoms. The molecule has 7 heteroatoms. The summed E-state index contributed by atoms with van der Waals surface area (Å²) in [5, 5.41) is 9.37. The fraction of sp³-hybridized carbons (Fsp3) is 0.417. The second-order valence-corrected chi connectivity index (χ2v) is 4.28. The highest BCUT2D eigenvalue weighted by atomic mass is 19.4. The summed E-state index contributed by atoms with van der Waals surface area (Å²) >= 11 is 0. The number of anilines is 1. The summed E-state index contributed by atoms with van der Waals surface area (Å²) in [4.78, 5) is 12.7. The van der Waals surface area contributed by atoms with Crippen molar-refractivity contribution in [3.8, 4) is 5.75 Å². The van der Waals surface area contributed by atoms with Crippen LogP contribution in [0.1, 0.15) is 12.0 Å². The summed E-state index contributed by atoms with van der Waals surface area (Å²) in [6.45, 7) is -0.0106. The van der Waals surface area contributed by atoms with Gasteiger partial charge in [-0.05, 0) is 12.1 Å². The lowest BCUT2D eigenvalue weighted by atomic mass is 10.1. The quantitative estimate of drug-likeness (QED) is 0.895. The molecule has 0 aromatic heterocycles. The zero-order chi connectivity index (χ0) is 14.2. The van der Waals surface area contributed by atoms with Gasteiger partial charge in [0.05, 0.1) is 31.7 Å². The monoisotopic (exact) mass is 275 g/mol. The van der Waals surface area contributed by atoms with Crippen LogP contribution < -0.4 is 9.64 Å². The molecule has 19 heavy (non-hydrogen) atoms. The molecule has 0 bridgehead atoms. The van der Waals surface area contributed by atoms with E-state index in [2.05, 4.69) is 0 Å². The van der Waals surface area contributed by atoms with Crippen molar-refractivity contribution in [1.82, 2.24) is 0 Å². The normalized spacial score (nSPS) is 19.9. The molecule has 1 amide bonds. The molecule has 0 aliphatic carbocycles. The van der Waals surface area contributed by atoms with Crippen LogP contribution in [0, 0.1) is 0 Å². The van der Waals surface area contributed by atoms with Crippen LogP contribution >= 0.6 is 0 Å². The lowest BCUT2D eigenvalue weighted by Crippen LogP contribution is -2.25. The van der Waals surface area contributed by atoms with Gasteiger partial charge in [0, 0.05) is 11.8 Å². The van der Waals surface area contributed by atoms with E-state index >= 15 is 0 Å². The van der Waals surface area contributed by atoms with E-state index in [9.17, 15) is 23.1 Å². The van der Waals surface area contributed by atoms with E-state index in [-0.39, 0.29) is 24.4 Å². The Kier molecular flexibility index (Phi) is 3.40. The number of benzene rings is 1. The Bertz CT molecular complexity index is 501. The second kappa shape index (κ2) is 4.73. The van der Waals surface area contributed by atoms with Crippen LogP contribution in [-0.2, 0) is 11.0 Å². The topological polar surface area (TPSA) is 49.8 Å². The van der Waals surface area contributed by atoms with Crippen LogP contribution in [0.25, 0.3) is 0 Å². The minimum atomic E-state index is -4.52. The maximum absolute atomic E-state index is 12.7. The van der Waals surface area contributed by atoms with Gasteiger partial charge in [-0.2, -0.15) is 13.2 Å². The van der Waals surface area contributed by atoms with Crippen molar-refractivity contribution in [1.29, 1.82) is 0 Å². The zero-order valence-electron chi connectivity index (χ0n) is 10.1. The van der Waals surface area contributed by atoms with Gasteiger partial charge >= 0.3 is 6.18 Å². The minimum Gasteiger partial charge on any atom is -0.497 e. The predicted octanol–water partition coefficient (Wildman–Crippen LogP) is 1.81. The molecular formula is C12H12F3NO3. The summed E-state index contributed by atoms with van der Waals surface area (Å²) in [6, 6.07) is 3.07. The van der Waals surface area contributed by atoms with Crippen molar-refractivity contribution in [3.05, 3.63) is 23.8 Å². The van der Waals surface area contributed by atoms with E-state index in [0.29, 0.717) is 0 Å². The standard InChI is InChI=1S/C12H12F3NO3/c1-19-10-3-7(12(13,14)15)2-8(4-10)16-6-9(17)5-11(16)18/h2-4,9,17H,5-6H2,1H3. The number of hydrogen-bond donors (Lipinski definition) is 1. The van der Waals surface area contributed by atoms with Gasteiger partial charge < -0.3 is 14.7 Å². The van der Waals surface area contributed by atoms with E-state index in [1.54, 1.807) is 0 Å². The Morgan fingerprint density at radius 3 is 2.53 bits per heavy atom. The number of carbonyl (C=O) groups excluding carboxylic acids is 1. The Morgan fingerprint density at radius 1 is 1.37 bits per heavy atom. The van der Waals surface area contributed by atoms with Crippen molar-refractivity contribution >= 4 is 11.6 Å². The molecule has 2 rings (SSSR count). The molecule has 0 radical (unpaired) electrons. The number of nitrogens with zero attached hydrogens (tertiary/aromatic N) is 1. The number of amides is 1. The molecular weight excluding hydrogens is 263 g/mol. The Balaban J connectivity index is 2.43. The van der Waals surface area contributed by atoms with E-state index in [1.807, 2.05) is 0 Å². The van der Waals surface area contributed by atoms with Crippen LogP contribution in [0.15, 0.2) is 18.2 Å². The van der Waals surface area contributed by atoms with Crippen LogP contribution in [0.5, 0.6) is 5.75 Å². The lowest BCUT2D eigenvalue weighted by molar-refractivity contribution is -0.137. The SMILES string of the molecule is COc1cc(N2CC(O)CC2=O)cc(C(F)(F)F)c1. The molecule has 104 valence electrons. The average molecular weight is 275 g/mol.